The van der Waals surface area contributed by atoms with Crippen molar-refractivity contribution in [2.45, 2.75) is 31.8 Å². The number of nitrogens with two attached hydrogens (primary N) is 1. The molecular weight excluding hydrogens is 236 g/mol. The van der Waals surface area contributed by atoms with Gasteiger partial charge in [0.1, 0.15) is 5.75 Å². The topological polar surface area (TPSA) is 38.5 Å². The third-order valence-electron chi connectivity index (χ3n) is 3.72. The number of nitrogens with zero attached hydrogens (tertiary/aromatic N) is 1. The summed E-state index contributed by atoms with van der Waals surface area (Å²) in [5.41, 5.74) is 8.42. The highest BCUT2D eigenvalue weighted by molar-refractivity contribution is 5.35. The molecule has 1 rings (SSSR count). The van der Waals surface area contributed by atoms with Gasteiger partial charge in [-0.3, -0.25) is 0 Å². The fourth-order valence-electron chi connectivity index (χ4n) is 2.36. The van der Waals surface area contributed by atoms with Crippen LogP contribution in [0.1, 0.15) is 25.8 Å². The summed E-state index contributed by atoms with van der Waals surface area (Å²) in [7, 11) is 5.77. The van der Waals surface area contributed by atoms with Crippen molar-refractivity contribution in [3.05, 3.63) is 42.0 Å². The molecule has 3 nitrogen and oxygen atoms in total. The molecule has 3 heteroatoms. The van der Waals surface area contributed by atoms with Crippen LogP contribution in [-0.4, -0.2) is 32.1 Å². The normalized spacial score (nSPS) is 15.9. The summed E-state index contributed by atoms with van der Waals surface area (Å²) in [5, 5.41) is 0. The summed E-state index contributed by atoms with van der Waals surface area (Å²) >= 11 is 0. The van der Waals surface area contributed by atoms with Crippen LogP contribution in [0.5, 0.6) is 5.75 Å². The maximum absolute atomic E-state index is 6.73. The van der Waals surface area contributed by atoms with Gasteiger partial charge in [-0.15, -0.1) is 6.58 Å². The quantitative estimate of drug-likeness (QED) is 0.801. The Hall–Kier alpha value is -1.32. The summed E-state index contributed by atoms with van der Waals surface area (Å²) < 4.78 is 5.30. The summed E-state index contributed by atoms with van der Waals surface area (Å²) in [6.45, 7) is 8.18. The second-order valence-corrected chi connectivity index (χ2v) is 5.55. The van der Waals surface area contributed by atoms with Gasteiger partial charge >= 0.3 is 0 Å². The molecule has 0 saturated carbocycles. The fourth-order valence-corrected chi connectivity index (χ4v) is 2.36. The highest BCUT2D eigenvalue weighted by Crippen LogP contribution is 2.32. The Morgan fingerprint density at radius 2 is 2.11 bits per heavy atom. The van der Waals surface area contributed by atoms with Crippen molar-refractivity contribution in [3.63, 3.8) is 0 Å². The van der Waals surface area contributed by atoms with E-state index < -0.39 is 5.54 Å². The molecule has 2 atom stereocenters. The lowest BCUT2D eigenvalue weighted by atomic mass is 9.79. The van der Waals surface area contributed by atoms with Gasteiger partial charge in [-0.1, -0.05) is 17.7 Å². The molecule has 0 aliphatic heterocycles. The zero-order valence-corrected chi connectivity index (χ0v) is 12.7. The Morgan fingerprint density at radius 3 is 2.58 bits per heavy atom. The second kappa shape index (κ2) is 6.22. The molecule has 2 unspecified atom stereocenters. The lowest BCUT2D eigenvalue weighted by Gasteiger charge is -2.40. The molecule has 106 valence electrons. The largest absolute Gasteiger partial charge is 0.497 e. The number of hydrogen-bond acceptors (Lipinski definition) is 3. The van der Waals surface area contributed by atoms with Crippen molar-refractivity contribution in [2.75, 3.05) is 21.2 Å². The lowest BCUT2D eigenvalue weighted by molar-refractivity contribution is 0.190. The minimum Gasteiger partial charge on any atom is -0.497 e. The maximum atomic E-state index is 6.73. The van der Waals surface area contributed by atoms with E-state index in [0.717, 1.165) is 23.3 Å². The van der Waals surface area contributed by atoms with Crippen LogP contribution in [-0.2, 0) is 5.54 Å². The molecule has 2 N–H and O–H groups in total. The van der Waals surface area contributed by atoms with E-state index in [-0.39, 0.29) is 6.04 Å². The molecular formula is C16H26N2O. The van der Waals surface area contributed by atoms with E-state index in [1.807, 2.05) is 39.2 Å². The van der Waals surface area contributed by atoms with Crippen LogP contribution in [0.25, 0.3) is 0 Å². The van der Waals surface area contributed by atoms with Crippen LogP contribution in [0.2, 0.25) is 0 Å². The molecule has 1 aromatic carbocycles. The van der Waals surface area contributed by atoms with E-state index in [0.29, 0.717) is 0 Å². The van der Waals surface area contributed by atoms with Crippen LogP contribution < -0.4 is 10.5 Å². The molecule has 0 aliphatic carbocycles. The average Bonchev–Trinajstić information content (AvgIpc) is 2.36. The third-order valence-corrected chi connectivity index (χ3v) is 3.72. The molecule has 0 saturated heterocycles. The van der Waals surface area contributed by atoms with Crippen molar-refractivity contribution >= 4 is 0 Å². The lowest BCUT2D eigenvalue weighted by Crippen LogP contribution is -2.52. The average molecular weight is 262 g/mol. The van der Waals surface area contributed by atoms with Gasteiger partial charge < -0.3 is 15.4 Å². The van der Waals surface area contributed by atoms with Gasteiger partial charge in [-0.05, 0) is 52.1 Å². The van der Waals surface area contributed by atoms with Gasteiger partial charge in [0.25, 0.3) is 0 Å². The highest BCUT2D eigenvalue weighted by atomic mass is 16.5. The molecule has 19 heavy (non-hydrogen) atoms. The van der Waals surface area contributed by atoms with Gasteiger partial charge in [0.2, 0.25) is 0 Å². The predicted octanol–water partition coefficient (Wildman–Crippen LogP) is 2.77. The van der Waals surface area contributed by atoms with E-state index in [4.69, 9.17) is 10.5 Å². The zero-order chi connectivity index (χ0) is 14.6. The summed E-state index contributed by atoms with van der Waals surface area (Å²) in [6, 6.07) is 8.19. The standard InChI is InChI=1S/C16H26N2O/c1-12(2)11-16(17,13(3)18(4)5)14-8-7-9-15(10-14)19-6/h7-10,13H,1,11,17H2,2-6H3. The van der Waals surface area contributed by atoms with Crippen molar-refractivity contribution < 1.29 is 4.74 Å². The Bertz CT molecular complexity index is 442. The minimum atomic E-state index is -0.468. The first-order valence-electron chi connectivity index (χ1n) is 6.55. The van der Waals surface area contributed by atoms with E-state index in [1.165, 1.54) is 0 Å². The van der Waals surface area contributed by atoms with Crippen molar-refractivity contribution in [2.24, 2.45) is 5.73 Å². The van der Waals surface area contributed by atoms with Crippen LogP contribution in [0.3, 0.4) is 0 Å². The van der Waals surface area contributed by atoms with Gasteiger partial charge in [0.15, 0.2) is 0 Å². The summed E-state index contributed by atoms with van der Waals surface area (Å²) in [4.78, 5) is 2.14. The van der Waals surface area contributed by atoms with Crippen LogP contribution >= 0.6 is 0 Å². The van der Waals surface area contributed by atoms with E-state index in [2.05, 4.69) is 24.5 Å². The first-order chi connectivity index (χ1) is 8.81. The number of ether oxygens (including phenoxy) is 1. The first-order valence-corrected chi connectivity index (χ1v) is 6.55. The smallest absolute Gasteiger partial charge is 0.119 e. The zero-order valence-electron chi connectivity index (χ0n) is 12.7. The van der Waals surface area contributed by atoms with E-state index in [1.54, 1.807) is 7.11 Å². The van der Waals surface area contributed by atoms with Crippen LogP contribution in [0, 0.1) is 0 Å². The van der Waals surface area contributed by atoms with E-state index >= 15 is 0 Å². The Labute approximate surface area is 117 Å². The number of benzene rings is 1. The summed E-state index contributed by atoms with van der Waals surface area (Å²) in [5.74, 6) is 0.833. The van der Waals surface area contributed by atoms with Gasteiger partial charge in [0, 0.05) is 6.04 Å². The monoisotopic (exact) mass is 262 g/mol. The van der Waals surface area contributed by atoms with Crippen molar-refractivity contribution in [1.82, 2.24) is 4.90 Å². The molecule has 0 aromatic heterocycles. The third kappa shape index (κ3) is 3.58. The molecule has 0 amide bonds. The number of methoxy groups -OCH3 is 1. The summed E-state index contributed by atoms with van der Waals surface area (Å²) in [6.07, 6.45) is 0.750. The minimum absolute atomic E-state index is 0.191. The number of likely N-dealkylation sites (N-methyl/N-ethyl adjacent to an activating group) is 1. The van der Waals surface area contributed by atoms with Gasteiger partial charge in [-0.25, -0.2) is 0 Å². The first kappa shape index (κ1) is 15.7. The molecule has 0 fully saturated rings. The van der Waals surface area contributed by atoms with Crippen molar-refractivity contribution in [3.8, 4) is 5.75 Å². The molecule has 0 spiro atoms. The maximum Gasteiger partial charge on any atom is 0.119 e. The Kier molecular flexibility index (Phi) is 5.15. The molecule has 0 heterocycles. The second-order valence-electron chi connectivity index (χ2n) is 5.55. The Morgan fingerprint density at radius 1 is 1.47 bits per heavy atom. The Balaban J connectivity index is 3.25. The highest BCUT2D eigenvalue weighted by Gasteiger charge is 2.35. The molecule has 0 radical (unpaired) electrons. The van der Waals surface area contributed by atoms with Gasteiger partial charge in [-0.2, -0.15) is 0 Å². The van der Waals surface area contributed by atoms with E-state index in [9.17, 15) is 0 Å². The SMILES string of the molecule is C=C(C)CC(N)(c1cccc(OC)c1)C(C)N(C)C. The van der Waals surface area contributed by atoms with Crippen molar-refractivity contribution in [1.29, 1.82) is 0 Å². The van der Waals surface area contributed by atoms with Crippen LogP contribution in [0.4, 0.5) is 0 Å². The fraction of sp³-hybridized carbons (Fsp3) is 0.500. The number of rotatable bonds is 6. The molecule has 0 aliphatic rings. The molecule has 1 aromatic rings. The van der Waals surface area contributed by atoms with Gasteiger partial charge in [0.05, 0.1) is 12.6 Å². The molecule has 0 bridgehead atoms. The van der Waals surface area contributed by atoms with Crippen LogP contribution in [0.15, 0.2) is 36.4 Å². The predicted molar refractivity (Wildman–Crippen MR) is 81.4 cm³/mol. The number of hydrogen-bond donors (Lipinski definition) is 1.